The Labute approximate surface area is 120 Å². The quantitative estimate of drug-likeness (QED) is 0.888. The molecule has 0 spiro atoms. The van der Waals surface area contributed by atoms with Gasteiger partial charge >= 0.3 is 5.97 Å². The summed E-state index contributed by atoms with van der Waals surface area (Å²) in [7, 11) is 0. The van der Waals surface area contributed by atoms with Gasteiger partial charge in [0.25, 0.3) is 0 Å². The number of phenols is 1. The number of hydrogen-bond acceptors (Lipinski definition) is 3. The molecule has 0 bridgehead atoms. The summed E-state index contributed by atoms with van der Waals surface area (Å²) in [6.45, 7) is 3.47. The van der Waals surface area contributed by atoms with Crippen LogP contribution >= 0.6 is 0 Å². The van der Waals surface area contributed by atoms with Crippen LogP contribution in [0.1, 0.15) is 38.2 Å². The van der Waals surface area contributed by atoms with Gasteiger partial charge in [0.2, 0.25) is 0 Å². The zero-order valence-corrected chi connectivity index (χ0v) is 12.0. The predicted octanol–water partition coefficient (Wildman–Crippen LogP) is 2.65. The van der Waals surface area contributed by atoms with E-state index in [9.17, 15) is 15.0 Å². The van der Waals surface area contributed by atoms with E-state index in [1.807, 2.05) is 6.07 Å². The standard InChI is InChI=1S/C16H23NO3/c1-16(15(19)20,17-9-4-2-3-5-10-17)12-13-7-6-8-14(18)11-13/h6-8,11,18H,2-5,9-10,12H2,1H3,(H,19,20). The molecule has 1 saturated heterocycles. The summed E-state index contributed by atoms with van der Waals surface area (Å²) in [5.74, 6) is -0.603. The summed E-state index contributed by atoms with van der Waals surface area (Å²) in [6, 6.07) is 6.89. The lowest BCUT2D eigenvalue weighted by atomic mass is 9.90. The third-order valence-electron chi connectivity index (χ3n) is 4.22. The minimum absolute atomic E-state index is 0.186. The first-order valence-electron chi connectivity index (χ1n) is 7.29. The second-order valence-corrected chi connectivity index (χ2v) is 5.83. The molecule has 20 heavy (non-hydrogen) atoms. The first kappa shape index (κ1) is 14.9. The van der Waals surface area contributed by atoms with Crippen molar-refractivity contribution in [2.75, 3.05) is 13.1 Å². The zero-order chi connectivity index (χ0) is 14.6. The average Bonchev–Trinajstić information content (AvgIpc) is 2.67. The van der Waals surface area contributed by atoms with E-state index in [0.717, 1.165) is 31.5 Å². The first-order valence-corrected chi connectivity index (χ1v) is 7.29. The van der Waals surface area contributed by atoms with Crippen LogP contribution in [0.5, 0.6) is 5.75 Å². The second kappa shape index (κ2) is 6.27. The fraction of sp³-hybridized carbons (Fsp3) is 0.562. The van der Waals surface area contributed by atoms with Gasteiger partial charge in [0.05, 0.1) is 0 Å². The van der Waals surface area contributed by atoms with Gasteiger partial charge in [-0.05, 0) is 50.6 Å². The van der Waals surface area contributed by atoms with Gasteiger partial charge in [0.15, 0.2) is 0 Å². The molecule has 1 atom stereocenters. The van der Waals surface area contributed by atoms with Gasteiger partial charge < -0.3 is 10.2 Å². The summed E-state index contributed by atoms with van der Waals surface area (Å²) in [5, 5.41) is 19.2. The van der Waals surface area contributed by atoms with Crippen molar-refractivity contribution in [3.05, 3.63) is 29.8 Å². The van der Waals surface area contributed by atoms with Gasteiger partial charge in [-0.3, -0.25) is 9.69 Å². The van der Waals surface area contributed by atoms with Crippen molar-refractivity contribution in [2.24, 2.45) is 0 Å². The van der Waals surface area contributed by atoms with Crippen LogP contribution in [0.4, 0.5) is 0 Å². The molecule has 1 unspecified atom stereocenters. The maximum atomic E-state index is 11.8. The number of phenolic OH excluding ortho intramolecular Hbond substituents is 1. The van der Waals surface area contributed by atoms with Crippen molar-refractivity contribution < 1.29 is 15.0 Å². The summed E-state index contributed by atoms with van der Waals surface area (Å²) >= 11 is 0. The van der Waals surface area contributed by atoms with Gasteiger partial charge in [0, 0.05) is 6.42 Å². The van der Waals surface area contributed by atoms with Gasteiger partial charge in [-0.15, -0.1) is 0 Å². The lowest BCUT2D eigenvalue weighted by molar-refractivity contribution is -0.150. The Morgan fingerprint density at radius 1 is 1.25 bits per heavy atom. The smallest absolute Gasteiger partial charge is 0.324 e. The number of benzene rings is 1. The maximum absolute atomic E-state index is 11.8. The molecule has 110 valence electrons. The first-order chi connectivity index (χ1) is 9.52. The summed E-state index contributed by atoms with van der Waals surface area (Å²) in [4.78, 5) is 13.9. The van der Waals surface area contributed by atoms with E-state index < -0.39 is 11.5 Å². The molecule has 2 N–H and O–H groups in total. The summed E-state index contributed by atoms with van der Waals surface area (Å²) < 4.78 is 0. The number of carboxylic acid groups (broad SMARTS) is 1. The Morgan fingerprint density at radius 2 is 1.90 bits per heavy atom. The lowest BCUT2D eigenvalue weighted by Gasteiger charge is -2.37. The van der Waals surface area contributed by atoms with Crippen LogP contribution in [-0.2, 0) is 11.2 Å². The molecular formula is C16H23NO3. The number of nitrogens with zero attached hydrogens (tertiary/aromatic N) is 1. The number of carbonyl (C=O) groups is 1. The van der Waals surface area contributed by atoms with E-state index in [1.54, 1.807) is 25.1 Å². The average molecular weight is 277 g/mol. The van der Waals surface area contributed by atoms with Crippen LogP contribution in [0.25, 0.3) is 0 Å². The molecular weight excluding hydrogens is 254 g/mol. The maximum Gasteiger partial charge on any atom is 0.324 e. The number of aromatic hydroxyl groups is 1. The molecule has 4 heteroatoms. The SMILES string of the molecule is CC(Cc1cccc(O)c1)(C(=O)O)N1CCCCCC1. The van der Waals surface area contributed by atoms with Gasteiger partial charge in [-0.2, -0.15) is 0 Å². The lowest BCUT2D eigenvalue weighted by Crippen LogP contribution is -2.54. The molecule has 1 heterocycles. The van der Waals surface area contributed by atoms with Crippen LogP contribution in [0.3, 0.4) is 0 Å². The monoisotopic (exact) mass is 277 g/mol. The highest BCUT2D eigenvalue weighted by Crippen LogP contribution is 2.26. The summed E-state index contributed by atoms with van der Waals surface area (Å²) in [6.07, 6.45) is 4.89. The second-order valence-electron chi connectivity index (χ2n) is 5.83. The highest BCUT2D eigenvalue weighted by Gasteiger charge is 2.39. The number of hydrogen-bond donors (Lipinski definition) is 2. The number of likely N-dealkylation sites (tertiary alicyclic amines) is 1. The number of rotatable bonds is 4. The Hall–Kier alpha value is -1.55. The molecule has 2 rings (SSSR count). The number of carboxylic acids is 1. The normalized spacial score (nSPS) is 20.1. The Kier molecular flexibility index (Phi) is 4.65. The van der Waals surface area contributed by atoms with E-state index in [4.69, 9.17) is 0 Å². The Balaban J connectivity index is 2.22. The molecule has 0 saturated carbocycles. The fourth-order valence-electron chi connectivity index (χ4n) is 2.95. The van der Waals surface area contributed by atoms with E-state index in [0.29, 0.717) is 6.42 Å². The molecule has 0 amide bonds. The van der Waals surface area contributed by atoms with Crippen LogP contribution in [0.15, 0.2) is 24.3 Å². The Morgan fingerprint density at radius 3 is 2.45 bits per heavy atom. The van der Waals surface area contributed by atoms with Crippen molar-refractivity contribution in [1.29, 1.82) is 0 Å². The highest BCUT2D eigenvalue weighted by molar-refractivity contribution is 5.78. The minimum atomic E-state index is -0.905. The molecule has 0 radical (unpaired) electrons. The molecule has 0 aliphatic carbocycles. The molecule has 1 fully saturated rings. The van der Waals surface area contributed by atoms with E-state index in [-0.39, 0.29) is 5.75 Å². The van der Waals surface area contributed by atoms with E-state index in [2.05, 4.69) is 4.90 Å². The van der Waals surface area contributed by atoms with Gasteiger partial charge in [-0.25, -0.2) is 0 Å². The molecule has 4 nitrogen and oxygen atoms in total. The summed E-state index contributed by atoms with van der Waals surface area (Å²) in [5.41, 5.74) is -0.0443. The van der Waals surface area contributed by atoms with E-state index in [1.165, 1.54) is 12.8 Å². The molecule has 1 aromatic rings. The minimum Gasteiger partial charge on any atom is -0.508 e. The van der Waals surface area contributed by atoms with Crippen molar-refractivity contribution in [1.82, 2.24) is 4.90 Å². The van der Waals surface area contributed by atoms with Crippen LogP contribution in [0, 0.1) is 0 Å². The van der Waals surface area contributed by atoms with Crippen LogP contribution < -0.4 is 0 Å². The van der Waals surface area contributed by atoms with Crippen LogP contribution in [0.2, 0.25) is 0 Å². The van der Waals surface area contributed by atoms with Gasteiger partial charge in [0.1, 0.15) is 11.3 Å². The predicted molar refractivity (Wildman–Crippen MR) is 77.9 cm³/mol. The molecule has 0 aromatic heterocycles. The molecule has 1 aromatic carbocycles. The fourth-order valence-corrected chi connectivity index (χ4v) is 2.95. The third-order valence-corrected chi connectivity index (χ3v) is 4.22. The molecule has 1 aliphatic heterocycles. The zero-order valence-electron chi connectivity index (χ0n) is 12.0. The van der Waals surface area contributed by atoms with Crippen molar-refractivity contribution >= 4 is 5.97 Å². The van der Waals surface area contributed by atoms with Crippen molar-refractivity contribution in [2.45, 2.75) is 44.6 Å². The highest BCUT2D eigenvalue weighted by atomic mass is 16.4. The largest absolute Gasteiger partial charge is 0.508 e. The van der Waals surface area contributed by atoms with Crippen LogP contribution in [-0.4, -0.2) is 39.7 Å². The Bertz CT molecular complexity index is 467. The third kappa shape index (κ3) is 3.31. The molecule has 1 aliphatic rings. The van der Waals surface area contributed by atoms with Crippen molar-refractivity contribution in [3.8, 4) is 5.75 Å². The topological polar surface area (TPSA) is 60.8 Å². The van der Waals surface area contributed by atoms with E-state index >= 15 is 0 Å². The van der Waals surface area contributed by atoms with Gasteiger partial charge in [-0.1, -0.05) is 25.0 Å². The van der Waals surface area contributed by atoms with Crippen molar-refractivity contribution in [3.63, 3.8) is 0 Å². The number of aliphatic carboxylic acids is 1.